The fourth-order valence-electron chi connectivity index (χ4n) is 1.09. The molecule has 0 saturated carbocycles. The molecule has 5 heteroatoms. The maximum absolute atomic E-state index is 11.1. The number of nitrogens with two attached hydrogens (primary N) is 2. The number of nitrogens with one attached hydrogen (secondary N) is 1. The molecule has 0 saturated heterocycles. The summed E-state index contributed by atoms with van der Waals surface area (Å²) < 4.78 is 0. The predicted octanol–water partition coefficient (Wildman–Crippen LogP) is -0.504. The fourth-order valence-corrected chi connectivity index (χ4v) is 1.09. The molecule has 0 aromatic rings. The van der Waals surface area contributed by atoms with Crippen LogP contribution in [-0.4, -0.2) is 24.4 Å². The van der Waals surface area contributed by atoms with Crippen molar-refractivity contribution >= 4 is 11.8 Å². The van der Waals surface area contributed by atoms with E-state index in [1.807, 2.05) is 6.92 Å². The number of hydrogen-bond donors (Lipinski definition) is 3. The minimum Gasteiger partial charge on any atom is -0.368 e. The summed E-state index contributed by atoms with van der Waals surface area (Å²) in [5.41, 5.74) is 10.3. The molecule has 0 aromatic heterocycles. The molecule has 5 nitrogen and oxygen atoms in total. The summed E-state index contributed by atoms with van der Waals surface area (Å²) in [4.78, 5) is 22.0. The van der Waals surface area contributed by atoms with Crippen molar-refractivity contribution in [2.24, 2.45) is 11.5 Å². The van der Waals surface area contributed by atoms with Crippen LogP contribution >= 0.6 is 0 Å². The summed E-state index contributed by atoms with van der Waals surface area (Å²) in [6.45, 7) is 2.30. The quantitative estimate of drug-likeness (QED) is 0.517. The summed E-state index contributed by atoms with van der Waals surface area (Å²) in [6.07, 6.45) is 2.67. The second-order valence-corrected chi connectivity index (χ2v) is 3.20. The van der Waals surface area contributed by atoms with Gasteiger partial charge < -0.3 is 16.8 Å². The molecule has 0 aromatic carbocycles. The van der Waals surface area contributed by atoms with Gasteiger partial charge in [0.25, 0.3) is 0 Å². The number of unbranched alkanes of at least 4 members (excludes halogenated alkanes) is 1. The Labute approximate surface area is 84.2 Å². The van der Waals surface area contributed by atoms with E-state index in [0.717, 1.165) is 12.8 Å². The average Bonchev–Trinajstić information content (AvgIpc) is 2.12. The molecule has 0 heterocycles. The van der Waals surface area contributed by atoms with E-state index in [1.54, 1.807) is 0 Å². The van der Waals surface area contributed by atoms with Gasteiger partial charge in [0.05, 0.1) is 0 Å². The third-order valence-corrected chi connectivity index (χ3v) is 1.90. The smallest absolute Gasteiger partial charge is 0.239 e. The van der Waals surface area contributed by atoms with Crippen LogP contribution in [0, 0.1) is 0 Å². The van der Waals surface area contributed by atoms with Crippen LogP contribution in [0.5, 0.6) is 0 Å². The first kappa shape index (κ1) is 12.9. The number of carbonyl (C=O) groups is 2. The zero-order chi connectivity index (χ0) is 11.0. The van der Waals surface area contributed by atoms with Gasteiger partial charge in [-0.15, -0.1) is 0 Å². The lowest BCUT2D eigenvalue weighted by Crippen LogP contribution is -2.44. The van der Waals surface area contributed by atoms with Crippen molar-refractivity contribution in [1.82, 2.24) is 5.32 Å². The van der Waals surface area contributed by atoms with Crippen LogP contribution in [0.2, 0.25) is 0 Å². The van der Waals surface area contributed by atoms with Crippen molar-refractivity contribution < 1.29 is 9.59 Å². The van der Waals surface area contributed by atoms with Crippen molar-refractivity contribution in [2.45, 2.75) is 38.6 Å². The molecule has 1 atom stereocenters. The predicted molar refractivity (Wildman–Crippen MR) is 54.3 cm³/mol. The summed E-state index contributed by atoms with van der Waals surface area (Å²) in [7, 11) is 0. The Morgan fingerprint density at radius 3 is 2.50 bits per heavy atom. The van der Waals surface area contributed by atoms with Crippen molar-refractivity contribution in [1.29, 1.82) is 0 Å². The Hall–Kier alpha value is -1.10. The first-order valence-corrected chi connectivity index (χ1v) is 4.90. The minimum absolute atomic E-state index is 0.215. The van der Waals surface area contributed by atoms with E-state index in [1.165, 1.54) is 0 Å². The van der Waals surface area contributed by atoms with Crippen molar-refractivity contribution in [3.8, 4) is 0 Å². The van der Waals surface area contributed by atoms with E-state index in [-0.39, 0.29) is 18.9 Å². The highest BCUT2D eigenvalue weighted by Crippen LogP contribution is 2.00. The lowest BCUT2D eigenvalue weighted by atomic mass is 10.1. The SMILES string of the molecule is CCCCC(NC(=O)CCN)C(N)=O. The van der Waals surface area contributed by atoms with Crippen LogP contribution in [0.4, 0.5) is 0 Å². The molecular weight excluding hydrogens is 182 g/mol. The molecule has 0 fully saturated rings. The second kappa shape index (κ2) is 7.32. The van der Waals surface area contributed by atoms with Crippen LogP contribution in [0.15, 0.2) is 0 Å². The molecule has 0 aliphatic heterocycles. The second-order valence-electron chi connectivity index (χ2n) is 3.20. The summed E-state index contributed by atoms with van der Waals surface area (Å²) in [5.74, 6) is -0.698. The maximum atomic E-state index is 11.1. The third-order valence-electron chi connectivity index (χ3n) is 1.90. The molecule has 0 spiro atoms. The van der Waals surface area contributed by atoms with Gasteiger partial charge in [0, 0.05) is 13.0 Å². The lowest BCUT2D eigenvalue weighted by Gasteiger charge is -2.14. The third kappa shape index (κ3) is 5.53. The number of hydrogen-bond acceptors (Lipinski definition) is 3. The summed E-state index contributed by atoms with van der Waals surface area (Å²) in [5, 5.41) is 2.56. The standard InChI is InChI=1S/C9H19N3O2/c1-2-3-4-7(9(11)14)12-8(13)5-6-10/h7H,2-6,10H2,1H3,(H2,11,14)(H,12,13). The molecule has 0 aliphatic carbocycles. The molecule has 82 valence electrons. The maximum Gasteiger partial charge on any atom is 0.239 e. The van der Waals surface area contributed by atoms with Crippen molar-refractivity contribution in [3.05, 3.63) is 0 Å². The van der Waals surface area contributed by atoms with Gasteiger partial charge in [-0.2, -0.15) is 0 Å². The molecule has 5 N–H and O–H groups in total. The van der Waals surface area contributed by atoms with Gasteiger partial charge in [-0.05, 0) is 6.42 Å². The molecule has 0 rings (SSSR count). The van der Waals surface area contributed by atoms with E-state index in [2.05, 4.69) is 5.32 Å². The van der Waals surface area contributed by atoms with Gasteiger partial charge in [-0.1, -0.05) is 19.8 Å². The number of carbonyl (C=O) groups excluding carboxylic acids is 2. The van der Waals surface area contributed by atoms with E-state index >= 15 is 0 Å². The van der Waals surface area contributed by atoms with Crippen LogP contribution in [0.25, 0.3) is 0 Å². The van der Waals surface area contributed by atoms with E-state index in [9.17, 15) is 9.59 Å². The van der Waals surface area contributed by atoms with Gasteiger partial charge in [0.1, 0.15) is 6.04 Å². The van der Waals surface area contributed by atoms with Gasteiger partial charge >= 0.3 is 0 Å². The molecule has 0 aliphatic rings. The van der Waals surface area contributed by atoms with Crippen LogP contribution in [0.3, 0.4) is 0 Å². The van der Waals surface area contributed by atoms with E-state index in [4.69, 9.17) is 11.5 Å². The Kier molecular flexibility index (Phi) is 6.74. The van der Waals surface area contributed by atoms with Gasteiger partial charge in [0.15, 0.2) is 0 Å². The molecular formula is C9H19N3O2. The highest BCUT2D eigenvalue weighted by atomic mass is 16.2. The summed E-state index contributed by atoms with van der Waals surface area (Å²) >= 11 is 0. The number of amides is 2. The lowest BCUT2D eigenvalue weighted by molar-refractivity contribution is -0.127. The van der Waals surface area contributed by atoms with Crippen molar-refractivity contribution in [3.63, 3.8) is 0 Å². The first-order valence-electron chi connectivity index (χ1n) is 4.90. The van der Waals surface area contributed by atoms with E-state index < -0.39 is 11.9 Å². The number of rotatable bonds is 7. The topological polar surface area (TPSA) is 98.2 Å². The molecule has 14 heavy (non-hydrogen) atoms. The van der Waals surface area contributed by atoms with Gasteiger partial charge in [-0.3, -0.25) is 9.59 Å². The zero-order valence-corrected chi connectivity index (χ0v) is 8.58. The normalized spacial score (nSPS) is 12.1. The number of primary amides is 1. The van der Waals surface area contributed by atoms with Crippen LogP contribution in [-0.2, 0) is 9.59 Å². The van der Waals surface area contributed by atoms with E-state index in [0.29, 0.717) is 6.42 Å². The largest absolute Gasteiger partial charge is 0.368 e. The average molecular weight is 201 g/mol. The molecule has 1 unspecified atom stereocenters. The minimum atomic E-state index is -0.547. The first-order chi connectivity index (χ1) is 6.61. The van der Waals surface area contributed by atoms with Crippen LogP contribution in [0.1, 0.15) is 32.6 Å². The Morgan fingerprint density at radius 1 is 1.43 bits per heavy atom. The molecule has 0 radical (unpaired) electrons. The monoisotopic (exact) mass is 201 g/mol. The molecule has 0 bridgehead atoms. The Balaban J connectivity index is 3.95. The zero-order valence-electron chi connectivity index (χ0n) is 8.58. The van der Waals surface area contributed by atoms with Gasteiger partial charge in [-0.25, -0.2) is 0 Å². The Morgan fingerprint density at radius 2 is 2.07 bits per heavy atom. The summed E-state index contributed by atoms with van der Waals surface area (Å²) in [6, 6.07) is -0.547. The van der Waals surface area contributed by atoms with Gasteiger partial charge in [0.2, 0.25) is 11.8 Å². The van der Waals surface area contributed by atoms with Crippen LogP contribution < -0.4 is 16.8 Å². The Bertz CT molecular complexity index is 194. The fraction of sp³-hybridized carbons (Fsp3) is 0.778. The molecule has 2 amide bonds. The highest BCUT2D eigenvalue weighted by Gasteiger charge is 2.16. The highest BCUT2D eigenvalue weighted by molar-refractivity contribution is 5.86. The van der Waals surface area contributed by atoms with Crippen molar-refractivity contribution in [2.75, 3.05) is 6.54 Å².